The topological polar surface area (TPSA) is 96.0 Å². The lowest BCUT2D eigenvalue weighted by atomic mass is 10.1. The maximum absolute atomic E-state index is 14.6. The minimum atomic E-state index is -4.26. The lowest BCUT2D eigenvalue weighted by molar-refractivity contribution is -0.139. The summed E-state index contributed by atoms with van der Waals surface area (Å²) in [6, 6.07) is 16.5. The minimum Gasteiger partial charge on any atom is -0.494 e. The van der Waals surface area contributed by atoms with Crippen LogP contribution >= 0.6 is 11.6 Å². The van der Waals surface area contributed by atoms with E-state index in [4.69, 9.17) is 16.3 Å². The minimum absolute atomic E-state index is 0.0789. The van der Waals surface area contributed by atoms with Crippen molar-refractivity contribution in [3.05, 3.63) is 89.2 Å². The van der Waals surface area contributed by atoms with Gasteiger partial charge in [-0.1, -0.05) is 29.8 Å². The van der Waals surface area contributed by atoms with E-state index in [9.17, 15) is 22.4 Å². The van der Waals surface area contributed by atoms with Crippen LogP contribution < -0.4 is 14.4 Å². The molecule has 8 nitrogen and oxygen atoms in total. The number of amides is 2. The van der Waals surface area contributed by atoms with Gasteiger partial charge in [-0.25, -0.2) is 12.8 Å². The summed E-state index contributed by atoms with van der Waals surface area (Å²) in [6.45, 7) is 6.44. The molecular formula is C29H33ClFN3O5S. The van der Waals surface area contributed by atoms with Crippen molar-refractivity contribution in [3.8, 4) is 5.75 Å². The van der Waals surface area contributed by atoms with Crippen molar-refractivity contribution < 1.29 is 27.1 Å². The quantitative estimate of drug-likeness (QED) is 0.320. The van der Waals surface area contributed by atoms with E-state index in [2.05, 4.69) is 5.32 Å². The monoisotopic (exact) mass is 589 g/mol. The first-order valence-corrected chi connectivity index (χ1v) is 14.6. The van der Waals surface area contributed by atoms with Gasteiger partial charge in [0.15, 0.2) is 0 Å². The Morgan fingerprint density at radius 3 is 2.17 bits per heavy atom. The van der Waals surface area contributed by atoms with Crippen molar-refractivity contribution in [1.82, 2.24) is 10.2 Å². The van der Waals surface area contributed by atoms with Crippen LogP contribution in [-0.2, 0) is 26.2 Å². The highest BCUT2D eigenvalue weighted by Crippen LogP contribution is 2.27. The highest BCUT2D eigenvalue weighted by atomic mass is 35.5. The molecule has 11 heteroatoms. The first-order valence-electron chi connectivity index (χ1n) is 12.8. The SMILES string of the molecule is CCOc1ccc(N(CC(=O)N(Cc2ccccc2F)[C@@H](C)C(=O)NC(C)C)S(=O)(=O)c2ccc(Cl)cc2)cc1. The van der Waals surface area contributed by atoms with E-state index in [0.717, 1.165) is 4.31 Å². The zero-order valence-corrected chi connectivity index (χ0v) is 24.4. The molecule has 0 aliphatic rings. The van der Waals surface area contributed by atoms with Gasteiger partial charge in [0, 0.05) is 23.2 Å². The molecule has 2 amide bonds. The summed E-state index contributed by atoms with van der Waals surface area (Å²) in [6.07, 6.45) is 0. The van der Waals surface area contributed by atoms with Gasteiger partial charge in [0.05, 0.1) is 17.2 Å². The number of nitrogens with one attached hydrogen (secondary N) is 1. The fraction of sp³-hybridized carbons (Fsp3) is 0.310. The molecule has 1 N–H and O–H groups in total. The molecule has 3 aromatic carbocycles. The third-order valence-electron chi connectivity index (χ3n) is 6.01. The van der Waals surface area contributed by atoms with Crippen LogP contribution in [0.25, 0.3) is 0 Å². The Morgan fingerprint density at radius 2 is 1.60 bits per heavy atom. The van der Waals surface area contributed by atoms with Gasteiger partial charge in [0.25, 0.3) is 10.0 Å². The van der Waals surface area contributed by atoms with Crippen LogP contribution in [0.3, 0.4) is 0 Å². The van der Waals surface area contributed by atoms with Gasteiger partial charge in [-0.3, -0.25) is 13.9 Å². The van der Waals surface area contributed by atoms with E-state index in [1.165, 1.54) is 66.4 Å². The van der Waals surface area contributed by atoms with E-state index in [1.807, 2.05) is 6.92 Å². The van der Waals surface area contributed by atoms with Crippen LogP contribution in [0, 0.1) is 5.82 Å². The lowest BCUT2D eigenvalue weighted by Gasteiger charge is -2.32. The third kappa shape index (κ3) is 7.73. The maximum Gasteiger partial charge on any atom is 0.264 e. The number of benzene rings is 3. The molecule has 0 radical (unpaired) electrons. The molecule has 1 atom stereocenters. The van der Waals surface area contributed by atoms with Crippen molar-refractivity contribution in [2.24, 2.45) is 0 Å². The predicted octanol–water partition coefficient (Wildman–Crippen LogP) is 5.02. The Hall–Kier alpha value is -3.63. The molecule has 0 fully saturated rings. The summed E-state index contributed by atoms with van der Waals surface area (Å²) in [5, 5.41) is 3.11. The highest BCUT2D eigenvalue weighted by molar-refractivity contribution is 7.92. The number of carbonyl (C=O) groups is 2. The van der Waals surface area contributed by atoms with E-state index >= 15 is 0 Å². The van der Waals surface area contributed by atoms with Crippen LogP contribution in [0.4, 0.5) is 10.1 Å². The summed E-state index contributed by atoms with van der Waals surface area (Å²) in [4.78, 5) is 27.9. The molecule has 0 aliphatic carbocycles. The Balaban J connectivity index is 2.04. The normalized spacial score (nSPS) is 12.1. The maximum atomic E-state index is 14.6. The number of hydrogen-bond donors (Lipinski definition) is 1. The molecule has 0 saturated carbocycles. The van der Waals surface area contributed by atoms with Crippen molar-refractivity contribution in [2.75, 3.05) is 17.5 Å². The summed E-state index contributed by atoms with van der Waals surface area (Å²) in [5.74, 6) is -1.16. The van der Waals surface area contributed by atoms with Crippen LogP contribution in [0.5, 0.6) is 5.75 Å². The van der Waals surface area contributed by atoms with Crippen LogP contribution in [0.1, 0.15) is 33.3 Å². The first-order chi connectivity index (χ1) is 18.9. The lowest BCUT2D eigenvalue weighted by Crippen LogP contribution is -2.52. The van der Waals surface area contributed by atoms with E-state index in [0.29, 0.717) is 17.4 Å². The van der Waals surface area contributed by atoms with Crippen molar-refractivity contribution in [2.45, 2.75) is 51.2 Å². The summed E-state index contributed by atoms with van der Waals surface area (Å²) >= 11 is 5.97. The molecule has 40 heavy (non-hydrogen) atoms. The molecule has 0 aliphatic heterocycles. The van der Waals surface area contributed by atoms with E-state index in [1.54, 1.807) is 32.0 Å². The van der Waals surface area contributed by atoms with Crippen LogP contribution in [-0.4, -0.2) is 50.4 Å². The number of halogens is 2. The number of anilines is 1. The number of carbonyl (C=O) groups excluding carboxylic acids is 2. The summed E-state index contributed by atoms with van der Waals surface area (Å²) in [7, 11) is -4.26. The first kappa shape index (κ1) is 30.9. The van der Waals surface area contributed by atoms with Crippen molar-refractivity contribution >= 4 is 39.1 Å². The highest BCUT2D eigenvalue weighted by Gasteiger charge is 2.33. The largest absolute Gasteiger partial charge is 0.494 e. The van der Waals surface area contributed by atoms with Gasteiger partial charge in [-0.05, 0) is 82.3 Å². The summed E-state index contributed by atoms with van der Waals surface area (Å²) < 4.78 is 48.7. The number of sulfonamides is 1. The fourth-order valence-corrected chi connectivity index (χ4v) is 5.48. The smallest absolute Gasteiger partial charge is 0.264 e. The number of rotatable bonds is 12. The van der Waals surface area contributed by atoms with Gasteiger partial charge >= 0.3 is 0 Å². The molecular weight excluding hydrogens is 557 g/mol. The second-order valence-electron chi connectivity index (χ2n) is 9.34. The predicted molar refractivity (Wildman–Crippen MR) is 153 cm³/mol. The average molecular weight is 590 g/mol. The van der Waals surface area contributed by atoms with Gasteiger partial charge in [-0.2, -0.15) is 0 Å². The Morgan fingerprint density at radius 1 is 0.975 bits per heavy atom. The molecule has 0 aromatic heterocycles. The van der Waals surface area contributed by atoms with Crippen LogP contribution in [0.2, 0.25) is 5.02 Å². The van der Waals surface area contributed by atoms with Gasteiger partial charge in [-0.15, -0.1) is 0 Å². The third-order valence-corrected chi connectivity index (χ3v) is 8.05. The van der Waals surface area contributed by atoms with Gasteiger partial charge in [0.1, 0.15) is 24.2 Å². The molecule has 214 valence electrons. The second kappa shape index (κ2) is 13.6. The molecule has 0 bridgehead atoms. The van der Waals surface area contributed by atoms with Crippen LogP contribution in [0.15, 0.2) is 77.7 Å². The average Bonchev–Trinajstić information content (AvgIpc) is 2.91. The Kier molecular flexibility index (Phi) is 10.5. The van der Waals surface area contributed by atoms with Gasteiger partial charge < -0.3 is 15.0 Å². The molecule has 0 heterocycles. The number of nitrogens with zero attached hydrogens (tertiary/aromatic N) is 2. The fourth-order valence-electron chi connectivity index (χ4n) is 3.94. The van der Waals surface area contributed by atoms with Gasteiger partial charge in [0.2, 0.25) is 11.8 Å². The van der Waals surface area contributed by atoms with Crippen molar-refractivity contribution in [1.29, 1.82) is 0 Å². The zero-order chi connectivity index (χ0) is 29.4. The van der Waals surface area contributed by atoms with Crippen molar-refractivity contribution in [3.63, 3.8) is 0 Å². The number of ether oxygens (including phenoxy) is 1. The number of hydrogen-bond acceptors (Lipinski definition) is 5. The molecule has 0 spiro atoms. The standard InChI is InChI=1S/C29H33ClFN3O5S/c1-5-39-25-14-12-24(13-15-25)34(40(37,38)26-16-10-23(30)11-17-26)19-28(35)33(21(4)29(36)32-20(2)3)18-22-8-6-7-9-27(22)31/h6-17,20-21H,5,18-19H2,1-4H3,(H,32,36)/t21-/m0/s1. The zero-order valence-electron chi connectivity index (χ0n) is 22.8. The Bertz CT molecular complexity index is 1420. The Labute approximate surface area is 239 Å². The van der Waals surface area contributed by atoms with E-state index in [-0.39, 0.29) is 28.7 Å². The molecule has 3 aromatic rings. The molecule has 3 rings (SSSR count). The van der Waals surface area contributed by atoms with E-state index < -0.39 is 40.2 Å². The molecule has 0 unspecified atom stereocenters. The second-order valence-corrected chi connectivity index (χ2v) is 11.6. The molecule has 0 saturated heterocycles. The summed E-state index contributed by atoms with van der Waals surface area (Å²) in [5.41, 5.74) is 0.394.